The van der Waals surface area contributed by atoms with Crippen molar-refractivity contribution < 1.29 is 28.6 Å². The SMILES string of the molecule is COC(=O)CC(NC(=O)C1CC(=O)N(c2ccc3c(c2)OCCO3)C1)c1ccccc1. The summed E-state index contributed by atoms with van der Waals surface area (Å²) in [6.45, 7) is 1.20. The van der Waals surface area contributed by atoms with Crippen LogP contribution in [0.4, 0.5) is 5.69 Å². The lowest BCUT2D eigenvalue weighted by Crippen LogP contribution is -2.36. The molecule has 1 N–H and O–H groups in total. The van der Waals surface area contributed by atoms with Crippen molar-refractivity contribution in [3.8, 4) is 11.5 Å². The number of nitrogens with zero attached hydrogens (tertiary/aromatic N) is 1. The smallest absolute Gasteiger partial charge is 0.307 e. The minimum atomic E-state index is -0.528. The van der Waals surface area contributed by atoms with E-state index in [9.17, 15) is 14.4 Å². The molecule has 0 aromatic heterocycles. The number of hydrogen-bond donors (Lipinski definition) is 1. The summed E-state index contributed by atoms with van der Waals surface area (Å²) in [5.41, 5.74) is 1.47. The van der Waals surface area contributed by atoms with Crippen LogP contribution in [0.15, 0.2) is 48.5 Å². The summed E-state index contributed by atoms with van der Waals surface area (Å²) in [6.07, 6.45) is 0.110. The minimum Gasteiger partial charge on any atom is -0.486 e. The Labute approximate surface area is 180 Å². The third-order valence-corrected chi connectivity index (χ3v) is 5.45. The number of esters is 1. The maximum absolute atomic E-state index is 13.0. The first-order valence-electron chi connectivity index (χ1n) is 10.2. The van der Waals surface area contributed by atoms with Crippen LogP contribution in [0.5, 0.6) is 11.5 Å². The Morgan fingerprint density at radius 3 is 2.61 bits per heavy atom. The predicted molar refractivity (Wildman–Crippen MR) is 112 cm³/mol. The number of benzene rings is 2. The molecule has 1 saturated heterocycles. The van der Waals surface area contributed by atoms with Gasteiger partial charge >= 0.3 is 5.97 Å². The van der Waals surface area contributed by atoms with E-state index in [2.05, 4.69) is 5.32 Å². The van der Waals surface area contributed by atoms with E-state index in [1.54, 1.807) is 23.1 Å². The molecule has 0 radical (unpaired) electrons. The van der Waals surface area contributed by atoms with Gasteiger partial charge in [-0.2, -0.15) is 0 Å². The van der Waals surface area contributed by atoms with Crippen molar-refractivity contribution in [3.63, 3.8) is 0 Å². The van der Waals surface area contributed by atoms with E-state index in [0.29, 0.717) is 30.4 Å². The molecule has 0 spiro atoms. The number of carbonyl (C=O) groups is 3. The highest BCUT2D eigenvalue weighted by atomic mass is 16.6. The molecule has 1 fully saturated rings. The van der Waals surface area contributed by atoms with E-state index in [1.165, 1.54) is 7.11 Å². The lowest BCUT2D eigenvalue weighted by molar-refractivity contribution is -0.141. The first-order valence-corrected chi connectivity index (χ1v) is 10.2. The molecule has 8 heteroatoms. The normalized spacial score (nSPS) is 18.4. The molecule has 2 aliphatic heterocycles. The lowest BCUT2D eigenvalue weighted by Gasteiger charge is -2.23. The lowest BCUT2D eigenvalue weighted by atomic mass is 10.0. The zero-order valence-electron chi connectivity index (χ0n) is 17.2. The van der Waals surface area contributed by atoms with Crippen LogP contribution in [-0.2, 0) is 19.1 Å². The van der Waals surface area contributed by atoms with Gasteiger partial charge in [0.1, 0.15) is 13.2 Å². The van der Waals surface area contributed by atoms with Gasteiger partial charge in [-0.25, -0.2) is 0 Å². The molecule has 31 heavy (non-hydrogen) atoms. The van der Waals surface area contributed by atoms with Crippen LogP contribution in [0, 0.1) is 5.92 Å². The third kappa shape index (κ3) is 4.63. The fourth-order valence-electron chi connectivity index (χ4n) is 3.81. The Morgan fingerprint density at radius 2 is 1.87 bits per heavy atom. The number of rotatable bonds is 6. The van der Waals surface area contributed by atoms with Crippen LogP contribution in [0.1, 0.15) is 24.4 Å². The molecule has 0 aliphatic carbocycles. The van der Waals surface area contributed by atoms with Gasteiger partial charge in [-0.15, -0.1) is 0 Å². The van der Waals surface area contributed by atoms with Crippen LogP contribution >= 0.6 is 0 Å². The summed E-state index contributed by atoms with van der Waals surface area (Å²) in [6, 6.07) is 14.0. The number of ether oxygens (including phenoxy) is 3. The maximum Gasteiger partial charge on any atom is 0.307 e. The topological polar surface area (TPSA) is 94.2 Å². The fourth-order valence-corrected chi connectivity index (χ4v) is 3.81. The van der Waals surface area contributed by atoms with Crippen molar-refractivity contribution in [1.82, 2.24) is 5.32 Å². The zero-order valence-corrected chi connectivity index (χ0v) is 17.2. The van der Waals surface area contributed by atoms with E-state index in [4.69, 9.17) is 14.2 Å². The van der Waals surface area contributed by atoms with Crippen molar-refractivity contribution in [2.75, 3.05) is 31.8 Å². The van der Waals surface area contributed by atoms with Crippen molar-refractivity contribution in [2.24, 2.45) is 5.92 Å². The summed E-state index contributed by atoms with van der Waals surface area (Å²) in [4.78, 5) is 39.0. The predicted octanol–water partition coefficient (Wildman–Crippen LogP) is 2.23. The van der Waals surface area contributed by atoms with Gasteiger partial charge in [0.15, 0.2) is 11.5 Å². The molecular formula is C23H24N2O6. The molecule has 162 valence electrons. The molecule has 2 aromatic rings. The van der Waals surface area contributed by atoms with Gasteiger partial charge in [0.25, 0.3) is 0 Å². The molecule has 2 unspecified atom stereocenters. The zero-order chi connectivity index (χ0) is 21.8. The number of nitrogens with one attached hydrogen (secondary N) is 1. The second-order valence-corrected chi connectivity index (χ2v) is 7.49. The summed E-state index contributed by atoms with van der Waals surface area (Å²) in [5.74, 6) is -0.123. The summed E-state index contributed by atoms with van der Waals surface area (Å²) in [5, 5.41) is 2.92. The average Bonchev–Trinajstić information content (AvgIpc) is 3.20. The highest BCUT2D eigenvalue weighted by Crippen LogP contribution is 2.36. The molecule has 4 rings (SSSR count). The largest absolute Gasteiger partial charge is 0.486 e. The van der Waals surface area contributed by atoms with Gasteiger partial charge in [0.05, 0.1) is 25.5 Å². The van der Waals surface area contributed by atoms with Crippen molar-refractivity contribution in [2.45, 2.75) is 18.9 Å². The number of methoxy groups -OCH3 is 1. The average molecular weight is 424 g/mol. The molecular weight excluding hydrogens is 400 g/mol. The summed E-state index contributed by atoms with van der Waals surface area (Å²) >= 11 is 0. The summed E-state index contributed by atoms with van der Waals surface area (Å²) < 4.78 is 15.9. The van der Waals surface area contributed by atoms with Gasteiger partial charge in [0.2, 0.25) is 11.8 Å². The maximum atomic E-state index is 13.0. The highest BCUT2D eigenvalue weighted by Gasteiger charge is 2.36. The monoisotopic (exact) mass is 424 g/mol. The Hall–Kier alpha value is -3.55. The van der Waals surface area contributed by atoms with Crippen LogP contribution in [0.25, 0.3) is 0 Å². The molecule has 2 atom stereocenters. The standard InChI is InChI=1S/C23H24N2O6/c1-29-22(27)13-18(15-5-3-2-4-6-15)24-23(28)16-11-21(26)25(14-16)17-7-8-19-20(12-17)31-10-9-30-19/h2-8,12,16,18H,9-11,13-14H2,1H3,(H,24,28). The fraction of sp³-hybridized carbons (Fsp3) is 0.348. The molecule has 0 bridgehead atoms. The van der Waals surface area contributed by atoms with Gasteiger partial charge < -0.3 is 24.4 Å². The molecule has 2 amide bonds. The van der Waals surface area contributed by atoms with Crippen LogP contribution in [-0.4, -0.2) is 44.7 Å². The first-order chi connectivity index (χ1) is 15.0. The Morgan fingerprint density at radius 1 is 1.13 bits per heavy atom. The van der Waals surface area contributed by atoms with Crippen LogP contribution in [0.3, 0.4) is 0 Å². The van der Waals surface area contributed by atoms with E-state index >= 15 is 0 Å². The van der Waals surface area contributed by atoms with Gasteiger partial charge in [0, 0.05) is 24.7 Å². The van der Waals surface area contributed by atoms with E-state index in [1.807, 2.05) is 30.3 Å². The first kappa shape index (κ1) is 20.7. The van der Waals surface area contributed by atoms with Gasteiger partial charge in [-0.1, -0.05) is 30.3 Å². The number of fused-ring (bicyclic) bond motifs is 1. The highest BCUT2D eigenvalue weighted by molar-refractivity contribution is 6.00. The Bertz CT molecular complexity index is 977. The van der Waals surface area contributed by atoms with Crippen LogP contribution in [0.2, 0.25) is 0 Å². The van der Waals surface area contributed by atoms with E-state index < -0.39 is 17.9 Å². The molecule has 8 nitrogen and oxygen atoms in total. The molecule has 2 aromatic carbocycles. The molecule has 0 saturated carbocycles. The van der Waals surface area contributed by atoms with E-state index in [-0.39, 0.29) is 31.2 Å². The van der Waals surface area contributed by atoms with Crippen LogP contribution < -0.4 is 19.7 Å². The van der Waals surface area contributed by atoms with Crippen molar-refractivity contribution in [1.29, 1.82) is 0 Å². The number of carbonyl (C=O) groups excluding carboxylic acids is 3. The second-order valence-electron chi connectivity index (χ2n) is 7.49. The molecule has 2 heterocycles. The number of anilines is 1. The quantitative estimate of drug-likeness (QED) is 0.715. The van der Waals surface area contributed by atoms with Gasteiger partial charge in [-0.05, 0) is 17.7 Å². The Balaban J connectivity index is 1.46. The summed E-state index contributed by atoms with van der Waals surface area (Å²) in [7, 11) is 1.31. The number of hydrogen-bond acceptors (Lipinski definition) is 6. The van der Waals surface area contributed by atoms with E-state index in [0.717, 1.165) is 5.56 Å². The van der Waals surface area contributed by atoms with Crippen molar-refractivity contribution >= 4 is 23.5 Å². The Kier molecular flexibility index (Phi) is 6.06. The molecule has 2 aliphatic rings. The van der Waals surface area contributed by atoms with Crippen molar-refractivity contribution in [3.05, 3.63) is 54.1 Å². The minimum absolute atomic E-state index is 0.0127. The van der Waals surface area contributed by atoms with Gasteiger partial charge in [-0.3, -0.25) is 14.4 Å². The number of amides is 2. The third-order valence-electron chi connectivity index (χ3n) is 5.45. The second kappa shape index (κ2) is 9.07.